The van der Waals surface area contributed by atoms with Crippen LogP contribution in [0.2, 0.25) is 0 Å². The average molecular weight is 422 g/mol. The number of carbonyl (C=O) groups excluding carboxylic acids is 2. The maximum Gasteiger partial charge on any atom is 0.257 e. The van der Waals surface area contributed by atoms with Crippen LogP contribution < -0.4 is 11.1 Å². The van der Waals surface area contributed by atoms with Crippen LogP contribution in [0.15, 0.2) is 66.7 Å². The van der Waals surface area contributed by atoms with E-state index in [0.717, 1.165) is 27.1 Å². The quantitative estimate of drug-likeness (QED) is 0.473. The Balaban J connectivity index is 1.75. The van der Waals surface area contributed by atoms with E-state index in [1.54, 1.807) is 0 Å². The van der Waals surface area contributed by atoms with Crippen LogP contribution >= 0.6 is 0 Å². The van der Waals surface area contributed by atoms with Crippen molar-refractivity contribution in [1.82, 2.24) is 5.32 Å². The highest BCUT2D eigenvalue weighted by atomic mass is 19.1. The number of halogens is 3. The molecule has 4 aromatic rings. The SMILES string of the molecule is NC(=O)[C@@H](Cc1c2ccccc2cc2ccccc12)NC(=O)c1c(F)cc(F)cc1F. The fraction of sp³-hybridized carbons (Fsp3) is 0.0833. The van der Waals surface area contributed by atoms with Crippen LogP contribution in [0.1, 0.15) is 15.9 Å². The van der Waals surface area contributed by atoms with E-state index in [4.69, 9.17) is 5.73 Å². The van der Waals surface area contributed by atoms with Gasteiger partial charge in [0.15, 0.2) is 0 Å². The molecule has 2 amide bonds. The fourth-order valence-corrected chi connectivity index (χ4v) is 3.74. The molecule has 4 aromatic carbocycles. The zero-order chi connectivity index (χ0) is 22.1. The second kappa shape index (κ2) is 8.10. The van der Waals surface area contributed by atoms with Crippen LogP contribution in [0.5, 0.6) is 0 Å². The predicted molar refractivity (Wildman–Crippen MR) is 112 cm³/mol. The number of benzene rings is 4. The molecule has 0 fully saturated rings. The van der Waals surface area contributed by atoms with Crippen molar-refractivity contribution in [2.75, 3.05) is 0 Å². The van der Waals surface area contributed by atoms with Gasteiger partial charge in [-0.25, -0.2) is 13.2 Å². The highest BCUT2D eigenvalue weighted by Gasteiger charge is 2.25. The first-order valence-electron chi connectivity index (χ1n) is 9.49. The predicted octanol–water partition coefficient (Wildman–Crippen LogP) is 4.24. The normalized spacial score (nSPS) is 12.1. The zero-order valence-electron chi connectivity index (χ0n) is 16.2. The lowest BCUT2D eigenvalue weighted by atomic mass is 9.92. The Hall–Kier alpha value is -3.87. The van der Waals surface area contributed by atoms with Crippen molar-refractivity contribution < 1.29 is 22.8 Å². The molecule has 1 atom stereocenters. The molecule has 0 aromatic heterocycles. The van der Waals surface area contributed by atoms with E-state index < -0.39 is 40.9 Å². The van der Waals surface area contributed by atoms with E-state index in [9.17, 15) is 22.8 Å². The minimum atomic E-state index is -1.37. The van der Waals surface area contributed by atoms with Crippen molar-refractivity contribution in [2.45, 2.75) is 12.5 Å². The lowest BCUT2D eigenvalue weighted by Gasteiger charge is -2.19. The highest BCUT2D eigenvalue weighted by molar-refractivity contribution is 6.03. The van der Waals surface area contributed by atoms with Crippen LogP contribution in [-0.2, 0) is 11.2 Å². The topological polar surface area (TPSA) is 72.2 Å². The van der Waals surface area contributed by atoms with Crippen LogP contribution in [0.25, 0.3) is 21.5 Å². The van der Waals surface area contributed by atoms with Gasteiger partial charge in [0.2, 0.25) is 5.91 Å². The van der Waals surface area contributed by atoms with E-state index in [1.807, 2.05) is 54.6 Å². The summed E-state index contributed by atoms with van der Waals surface area (Å²) < 4.78 is 41.2. The molecule has 0 saturated carbocycles. The van der Waals surface area contributed by atoms with E-state index in [2.05, 4.69) is 5.32 Å². The molecule has 31 heavy (non-hydrogen) atoms. The van der Waals surface area contributed by atoms with E-state index >= 15 is 0 Å². The summed E-state index contributed by atoms with van der Waals surface area (Å²) in [6.07, 6.45) is 0.00731. The van der Waals surface area contributed by atoms with Gasteiger partial charge in [0, 0.05) is 18.6 Å². The number of nitrogens with one attached hydrogen (secondary N) is 1. The second-order valence-electron chi connectivity index (χ2n) is 7.17. The summed E-state index contributed by atoms with van der Waals surface area (Å²) in [5.74, 6) is -5.94. The molecule has 0 spiro atoms. The Morgan fingerprint density at radius 3 is 1.87 bits per heavy atom. The first kappa shape index (κ1) is 20.4. The van der Waals surface area contributed by atoms with Gasteiger partial charge in [-0.3, -0.25) is 9.59 Å². The Kier molecular flexibility index (Phi) is 5.33. The monoisotopic (exact) mass is 422 g/mol. The summed E-state index contributed by atoms with van der Waals surface area (Å²) >= 11 is 0. The van der Waals surface area contributed by atoms with Gasteiger partial charge < -0.3 is 11.1 Å². The van der Waals surface area contributed by atoms with Crippen molar-refractivity contribution in [3.8, 4) is 0 Å². The summed E-state index contributed by atoms with van der Waals surface area (Å²) in [4.78, 5) is 24.6. The number of rotatable bonds is 5. The number of nitrogens with two attached hydrogens (primary N) is 1. The number of primary amides is 1. The van der Waals surface area contributed by atoms with Gasteiger partial charge in [-0.15, -0.1) is 0 Å². The number of carbonyl (C=O) groups is 2. The van der Waals surface area contributed by atoms with Crippen molar-refractivity contribution in [3.05, 3.63) is 95.3 Å². The highest BCUT2D eigenvalue weighted by Crippen LogP contribution is 2.29. The van der Waals surface area contributed by atoms with Gasteiger partial charge in [0.25, 0.3) is 5.91 Å². The van der Waals surface area contributed by atoms with E-state index in [0.29, 0.717) is 12.1 Å². The van der Waals surface area contributed by atoms with Crippen LogP contribution in [0.4, 0.5) is 13.2 Å². The standard InChI is InChI=1S/C24H17F3N2O2/c25-15-10-19(26)22(20(27)11-15)24(31)29-21(23(28)30)12-18-16-7-3-1-5-13(16)9-14-6-2-4-8-17(14)18/h1-11,21H,12H2,(H2,28,30)(H,29,31)/t21-/m1/s1. The van der Waals surface area contributed by atoms with Gasteiger partial charge >= 0.3 is 0 Å². The molecule has 0 bridgehead atoms. The number of hydrogen-bond acceptors (Lipinski definition) is 2. The number of fused-ring (bicyclic) bond motifs is 2. The molecule has 3 N–H and O–H groups in total. The van der Waals surface area contributed by atoms with Crippen LogP contribution in [-0.4, -0.2) is 17.9 Å². The van der Waals surface area contributed by atoms with Crippen molar-refractivity contribution in [2.24, 2.45) is 5.73 Å². The lowest BCUT2D eigenvalue weighted by Crippen LogP contribution is -2.46. The van der Waals surface area contributed by atoms with Crippen LogP contribution in [0, 0.1) is 17.5 Å². The summed E-state index contributed by atoms with van der Waals surface area (Å²) in [5.41, 5.74) is 5.28. The molecule has 0 unspecified atom stereocenters. The summed E-state index contributed by atoms with van der Waals surface area (Å²) in [7, 11) is 0. The molecular formula is C24H17F3N2O2. The molecule has 0 radical (unpaired) electrons. The summed E-state index contributed by atoms with van der Waals surface area (Å²) in [5, 5.41) is 5.88. The first-order valence-corrected chi connectivity index (χ1v) is 9.49. The minimum absolute atomic E-state index is 0.00731. The first-order chi connectivity index (χ1) is 14.8. The molecule has 7 heteroatoms. The molecular weight excluding hydrogens is 405 g/mol. The molecule has 4 rings (SSSR count). The third kappa shape index (κ3) is 3.94. The smallest absolute Gasteiger partial charge is 0.257 e. The van der Waals surface area contributed by atoms with Gasteiger partial charge in [0.1, 0.15) is 29.1 Å². The lowest BCUT2D eigenvalue weighted by molar-refractivity contribution is -0.119. The molecule has 156 valence electrons. The van der Waals surface area contributed by atoms with E-state index in [-0.39, 0.29) is 6.42 Å². The minimum Gasteiger partial charge on any atom is -0.368 e. The Morgan fingerprint density at radius 1 is 0.839 bits per heavy atom. The molecule has 0 aliphatic rings. The van der Waals surface area contributed by atoms with Gasteiger partial charge in [-0.1, -0.05) is 48.5 Å². The van der Waals surface area contributed by atoms with Gasteiger partial charge in [-0.05, 0) is 33.2 Å². The molecule has 0 aliphatic heterocycles. The Morgan fingerprint density at radius 2 is 1.35 bits per heavy atom. The van der Waals surface area contributed by atoms with E-state index in [1.165, 1.54) is 0 Å². The Bertz CT molecular complexity index is 1260. The van der Waals surface area contributed by atoms with Gasteiger partial charge in [0.05, 0.1) is 0 Å². The molecule has 0 heterocycles. The fourth-order valence-electron chi connectivity index (χ4n) is 3.74. The molecule has 0 aliphatic carbocycles. The number of hydrogen-bond donors (Lipinski definition) is 2. The molecule has 0 saturated heterocycles. The molecule has 4 nitrogen and oxygen atoms in total. The number of amides is 2. The third-order valence-corrected chi connectivity index (χ3v) is 5.17. The van der Waals surface area contributed by atoms with Crippen LogP contribution in [0.3, 0.4) is 0 Å². The summed E-state index contributed by atoms with van der Waals surface area (Å²) in [6.45, 7) is 0. The largest absolute Gasteiger partial charge is 0.368 e. The maximum absolute atomic E-state index is 14.0. The van der Waals surface area contributed by atoms with Crippen molar-refractivity contribution in [1.29, 1.82) is 0 Å². The van der Waals surface area contributed by atoms with Crippen molar-refractivity contribution in [3.63, 3.8) is 0 Å². The average Bonchev–Trinajstić information content (AvgIpc) is 2.72. The van der Waals surface area contributed by atoms with Gasteiger partial charge in [-0.2, -0.15) is 0 Å². The third-order valence-electron chi connectivity index (χ3n) is 5.17. The maximum atomic E-state index is 14.0. The summed E-state index contributed by atoms with van der Waals surface area (Å²) in [6, 6.07) is 16.6. The zero-order valence-corrected chi connectivity index (χ0v) is 16.2. The van der Waals surface area contributed by atoms with Crippen molar-refractivity contribution >= 4 is 33.4 Å². The Labute approximate surface area is 175 Å². The second-order valence-corrected chi connectivity index (χ2v) is 7.17.